The Labute approximate surface area is 151 Å². The van der Waals surface area contributed by atoms with Crippen LogP contribution in [0.3, 0.4) is 0 Å². The molecule has 1 heterocycles. The fourth-order valence-corrected chi connectivity index (χ4v) is 4.10. The number of rotatable bonds is 4. The number of ether oxygens (including phenoxy) is 1. The lowest BCUT2D eigenvalue weighted by molar-refractivity contribution is 0.200. The maximum Gasteiger partial charge on any atom is 0.317 e. The van der Waals surface area contributed by atoms with Crippen molar-refractivity contribution in [1.82, 2.24) is 10.2 Å². The SMILES string of the molecule is COc1ccc(CCNC(=O)N2CCS(=O)C(C)(C)CC2)c(Cl)c1. The number of nitrogens with zero attached hydrogens (tertiary/aromatic N) is 1. The molecule has 1 aromatic carbocycles. The van der Waals surface area contributed by atoms with Gasteiger partial charge in [0, 0.05) is 46.0 Å². The predicted octanol–water partition coefficient (Wildman–Crippen LogP) is 2.83. The van der Waals surface area contributed by atoms with Gasteiger partial charge >= 0.3 is 6.03 Å². The number of halogens is 1. The molecule has 2 rings (SSSR count). The highest BCUT2D eigenvalue weighted by atomic mass is 35.5. The highest BCUT2D eigenvalue weighted by Gasteiger charge is 2.31. The van der Waals surface area contributed by atoms with Gasteiger partial charge in [-0.1, -0.05) is 17.7 Å². The summed E-state index contributed by atoms with van der Waals surface area (Å²) >= 11 is 6.20. The van der Waals surface area contributed by atoms with Crippen molar-refractivity contribution in [3.05, 3.63) is 28.8 Å². The summed E-state index contributed by atoms with van der Waals surface area (Å²) in [5, 5.41) is 3.56. The van der Waals surface area contributed by atoms with Crippen molar-refractivity contribution in [2.45, 2.75) is 31.4 Å². The number of benzene rings is 1. The van der Waals surface area contributed by atoms with Crippen LogP contribution in [0.4, 0.5) is 4.79 Å². The number of hydrogen-bond acceptors (Lipinski definition) is 3. The Morgan fingerprint density at radius 3 is 2.83 bits per heavy atom. The quantitative estimate of drug-likeness (QED) is 0.884. The normalized spacial score (nSPS) is 20.3. The first kappa shape index (κ1) is 19.1. The first-order chi connectivity index (χ1) is 11.3. The highest BCUT2D eigenvalue weighted by molar-refractivity contribution is 7.86. The largest absolute Gasteiger partial charge is 0.497 e. The van der Waals surface area contributed by atoms with Gasteiger partial charge in [0.2, 0.25) is 0 Å². The van der Waals surface area contributed by atoms with E-state index in [1.807, 2.05) is 26.0 Å². The van der Waals surface area contributed by atoms with Gasteiger partial charge in [0.25, 0.3) is 0 Å². The Morgan fingerprint density at radius 2 is 2.17 bits per heavy atom. The zero-order chi connectivity index (χ0) is 17.7. The third kappa shape index (κ3) is 4.86. The lowest BCUT2D eigenvalue weighted by Crippen LogP contribution is -2.42. The fourth-order valence-electron chi connectivity index (χ4n) is 2.58. The lowest BCUT2D eigenvalue weighted by Gasteiger charge is -2.22. The Kier molecular flexibility index (Phi) is 6.52. The molecule has 5 nitrogen and oxygen atoms in total. The molecule has 1 aromatic rings. The van der Waals surface area contributed by atoms with E-state index in [0.717, 1.165) is 12.0 Å². The van der Waals surface area contributed by atoms with Gasteiger partial charge in [-0.15, -0.1) is 0 Å². The molecule has 1 fully saturated rings. The van der Waals surface area contributed by atoms with Gasteiger partial charge in [0.1, 0.15) is 5.75 Å². The average Bonchev–Trinajstić information content (AvgIpc) is 2.68. The molecular weight excluding hydrogens is 348 g/mol. The highest BCUT2D eigenvalue weighted by Crippen LogP contribution is 2.23. The fraction of sp³-hybridized carbons (Fsp3) is 0.588. The molecule has 1 aliphatic heterocycles. The first-order valence-electron chi connectivity index (χ1n) is 8.07. The van der Waals surface area contributed by atoms with Crippen LogP contribution in [0.1, 0.15) is 25.8 Å². The Bertz CT molecular complexity index is 622. The molecule has 1 unspecified atom stereocenters. The predicted molar refractivity (Wildman–Crippen MR) is 98.4 cm³/mol. The number of urea groups is 1. The van der Waals surface area contributed by atoms with E-state index < -0.39 is 10.8 Å². The molecule has 1 atom stereocenters. The summed E-state index contributed by atoms with van der Waals surface area (Å²) in [4.78, 5) is 14.1. The average molecular weight is 373 g/mol. The number of methoxy groups -OCH3 is 1. The van der Waals surface area contributed by atoms with E-state index in [-0.39, 0.29) is 10.8 Å². The third-order valence-electron chi connectivity index (χ3n) is 4.36. The molecule has 1 N–H and O–H groups in total. The van der Waals surface area contributed by atoms with Gasteiger partial charge in [-0.05, 0) is 44.4 Å². The van der Waals surface area contributed by atoms with Crippen LogP contribution >= 0.6 is 11.6 Å². The monoisotopic (exact) mass is 372 g/mol. The van der Waals surface area contributed by atoms with E-state index in [1.165, 1.54) is 0 Å². The standard InChI is InChI=1S/C17H25ClN2O3S/c1-17(2)7-9-20(10-11-24(17)22)16(21)19-8-6-13-4-5-14(23-3)12-15(13)18/h4-5,12H,6-11H2,1-3H3,(H,19,21). The van der Waals surface area contributed by atoms with Crippen molar-refractivity contribution >= 4 is 28.4 Å². The van der Waals surface area contributed by atoms with E-state index in [1.54, 1.807) is 18.1 Å². The zero-order valence-corrected chi connectivity index (χ0v) is 16.0. The molecule has 134 valence electrons. The van der Waals surface area contributed by atoms with Crippen molar-refractivity contribution in [3.8, 4) is 5.75 Å². The first-order valence-corrected chi connectivity index (χ1v) is 9.77. The number of carbonyl (C=O) groups is 1. The molecule has 24 heavy (non-hydrogen) atoms. The molecular formula is C17H25ClN2O3S. The molecule has 0 bridgehead atoms. The van der Waals surface area contributed by atoms with E-state index in [2.05, 4.69) is 5.32 Å². The van der Waals surface area contributed by atoms with Gasteiger partial charge in [0.05, 0.1) is 7.11 Å². The molecule has 0 aliphatic carbocycles. The van der Waals surface area contributed by atoms with Crippen molar-refractivity contribution in [1.29, 1.82) is 0 Å². The smallest absolute Gasteiger partial charge is 0.317 e. The minimum Gasteiger partial charge on any atom is -0.497 e. The van der Waals surface area contributed by atoms with E-state index in [4.69, 9.17) is 16.3 Å². The van der Waals surface area contributed by atoms with Crippen molar-refractivity contribution in [2.75, 3.05) is 32.5 Å². The van der Waals surface area contributed by atoms with Crippen LogP contribution in [0.25, 0.3) is 0 Å². The Balaban J connectivity index is 1.84. The summed E-state index contributed by atoms with van der Waals surface area (Å²) in [5.41, 5.74) is 0.968. The van der Waals surface area contributed by atoms with Gasteiger partial charge in [0.15, 0.2) is 0 Å². The van der Waals surface area contributed by atoms with Crippen LogP contribution in [0.15, 0.2) is 18.2 Å². The van der Waals surface area contributed by atoms with Crippen molar-refractivity contribution in [2.24, 2.45) is 0 Å². The summed E-state index contributed by atoms with van der Waals surface area (Å²) in [7, 11) is 0.700. The van der Waals surface area contributed by atoms with Crippen LogP contribution in [0, 0.1) is 0 Å². The third-order valence-corrected chi connectivity index (χ3v) is 6.71. The minimum absolute atomic E-state index is 0.102. The van der Waals surface area contributed by atoms with E-state index >= 15 is 0 Å². The summed E-state index contributed by atoms with van der Waals surface area (Å²) in [6, 6.07) is 5.43. The van der Waals surface area contributed by atoms with Gasteiger partial charge in [-0.3, -0.25) is 4.21 Å². The molecule has 1 aliphatic rings. The summed E-state index contributed by atoms with van der Waals surface area (Å²) in [6.45, 7) is 5.67. The number of nitrogens with one attached hydrogen (secondary N) is 1. The second kappa shape index (κ2) is 8.21. The molecule has 1 saturated heterocycles. The van der Waals surface area contributed by atoms with Crippen molar-refractivity contribution in [3.63, 3.8) is 0 Å². The van der Waals surface area contributed by atoms with E-state index in [0.29, 0.717) is 42.6 Å². The summed E-state index contributed by atoms with van der Waals surface area (Å²) in [6.07, 6.45) is 1.40. The second-order valence-electron chi connectivity index (χ2n) is 6.49. The van der Waals surface area contributed by atoms with Gasteiger partial charge < -0.3 is 15.0 Å². The molecule has 7 heteroatoms. The molecule has 0 saturated carbocycles. The lowest BCUT2D eigenvalue weighted by atomic mass is 10.1. The van der Waals surface area contributed by atoms with Crippen LogP contribution in [0.2, 0.25) is 5.02 Å². The topological polar surface area (TPSA) is 58.6 Å². The van der Waals surface area contributed by atoms with Crippen LogP contribution in [-0.4, -0.2) is 52.4 Å². The number of amides is 2. The summed E-state index contributed by atoms with van der Waals surface area (Å²) < 4.78 is 17.0. The number of carbonyl (C=O) groups excluding carboxylic acids is 1. The molecule has 0 radical (unpaired) electrons. The van der Waals surface area contributed by atoms with Gasteiger partial charge in [-0.25, -0.2) is 4.79 Å². The zero-order valence-electron chi connectivity index (χ0n) is 14.4. The van der Waals surface area contributed by atoms with Crippen molar-refractivity contribution < 1.29 is 13.7 Å². The Hall–Kier alpha value is -1.27. The molecule has 0 spiro atoms. The van der Waals surface area contributed by atoms with E-state index in [9.17, 15) is 9.00 Å². The second-order valence-corrected chi connectivity index (χ2v) is 9.10. The Morgan fingerprint density at radius 1 is 1.42 bits per heavy atom. The maximum absolute atomic E-state index is 12.3. The maximum atomic E-state index is 12.3. The molecule has 2 amide bonds. The van der Waals surface area contributed by atoms with Crippen LogP contribution < -0.4 is 10.1 Å². The van der Waals surface area contributed by atoms with Crippen LogP contribution in [-0.2, 0) is 17.2 Å². The molecule has 0 aromatic heterocycles. The minimum atomic E-state index is -0.898. The number of hydrogen-bond donors (Lipinski definition) is 1. The van der Waals surface area contributed by atoms with Gasteiger partial charge in [-0.2, -0.15) is 0 Å². The summed E-state index contributed by atoms with van der Waals surface area (Å²) in [5.74, 6) is 1.25. The van der Waals surface area contributed by atoms with Crippen LogP contribution in [0.5, 0.6) is 5.75 Å².